The average molecular weight is 452 g/mol. The van der Waals surface area contributed by atoms with Crippen molar-refractivity contribution in [2.24, 2.45) is 0 Å². The van der Waals surface area contributed by atoms with Crippen molar-refractivity contribution in [3.8, 4) is 22.8 Å². The fourth-order valence-electron chi connectivity index (χ4n) is 4.19. The quantitative estimate of drug-likeness (QED) is 0.598. The zero-order chi connectivity index (χ0) is 22.6. The molecular weight excluding hydrogens is 427 g/mol. The molecule has 2 aromatic carbocycles. The summed E-state index contributed by atoms with van der Waals surface area (Å²) in [7, 11) is 0. The highest BCUT2D eigenvalue weighted by Gasteiger charge is 2.25. The van der Waals surface area contributed by atoms with Crippen LogP contribution in [0.3, 0.4) is 0 Å². The van der Waals surface area contributed by atoms with E-state index in [1.54, 1.807) is 12.1 Å². The molecule has 0 saturated carbocycles. The molecule has 2 aliphatic heterocycles. The van der Waals surface area contributed by atoms with Gasteiger partial charge in [0.25, 0.3) is 5.91 Å². The van der Waals surface area contributed by atoms with Crippen molar-refractivity contribution in [1.82, 2.24) is 20.4 Å². The van der Waals surface area contributed by atoms with Crippen LogP contribution in [0, 0.1) is 5.82 Å². The zero-order valence-electron chi connectivity index (χ0n) is 18.1. The molecular formula is C24H25FN4O4. The van der Waals surface area contributed by atoms with E-state index < -0.39 is 0 Å². The molecule has 1 amide bonds. The van der Waals surface area contributed by atoms with Gasteiger partial charge in [-0.3, -0.25) is 14.8 Å². The summed E-state index contributed by atoms with van der Waals surface area (Å²) in [5.74, 6) is 0.798. The highest BCUT2D eigenvalue weighted by molar-refractivity contribution is 5.99. The molecule has 1 aromatic heterocycles. The van der Waals surface area contributed by atoms with Gasteiger partial charge in [-0.15, -0.1) is 0 Å². The molecule has 1 saturated heterocycles. The molecule has 1 unspecified atom stereocenters. The predicted molar refractivity (Wildman–Crippen MR) is 119 cm³/mol. The number of amides is 1. The van der Waals surface area contributed by atoms with Gasteiger partial charge in [0, 0.05) is 25.2 Å². The Hall–Kier alpha value is -3.43. The van der Waals surface area contributed by atoms with Gasteiger partial charge >= 0.3 is 0 Å². The number of nitrogens with one attached hydrogen (secondary N) is 2. The summed E-state index contributed by atoms with van der Waals surface area (Å²) in [5, 5.41) is 10.0. The number of H-pyrrole nitrogens is 1. The number of fused-ring (bicyclic) bond motifs is 1. The van der Waals surface area contributed by atoms with Gasteiger partial charge in [-0.2, -0.15) is 5.10 Å². The van der Waals surface area contributed by atoms with Crippen LogP contribution in [-0.4, -0.2) is 67.1 Å². The second-order valence-electron chi connectivity index (χ2n) is 7.94. The van der Waals surface area contributed by atoms with Crippen molar-refractivity contribution in [3.63, 3.8) is 0 Å². The smallest absolute Gasteiger partial charge is 0.255 e. The summed E-state index contributed by atoms with van der Waals surface area (Å²) >= 11 is 0. The van der Waals surface area contributed by atoms with E-state index in [2.05, 4.69) is 20.4 Å². The predicted octanol–water partition coefficient (Wildman–Crippen LogP) is 2.79. The van der Waals surface area contributed by atoms with Gasteiger partial charge in [0.1, 0.15) is 19.0 Å². The van der Waals surface area contributed by atoms with E-state index >= 15 is 0 Å². The summed E-state index contributed by atoms with van der Waals surface area (Å²) in [5.41, 5.74) is 2.77. The maximum Gasteiger partial charge on any atom is 0.255 e. The molecule has 3 heterocycles. The normalized spacial score (nSPS) is 16.9. The first-order valence-corrected chi connectivity index (χ1v) is 11.0. The molecule has 1 atom stereocenters. The number of ether oxygens (including phenoxy) is 3. The molecule has 0 radical (unpaired) electrons. The summed E-state index contributed by atoms with van der Waals surface area (Å²) in [6, 6.07) is 11.9. The Labute approximate surface area is 190 Å². The molecule has 1 fully saturated rings. The lowest BCUT2D eigenvalue weighted by atomic mass is 10.0. The second kappa shape index (κ2) is 9.60. The lowest BCUT2D eigenvalue weighted by Gasteiger charge is -2.35. The Morgan fingerprint density at radius 2 is 1.82 bits per heavy atom. The molecule has 3 aromatic rings. The first kappa shape index (κ1) is 21.4. The minimum absolute atomic E-state index is 0.0944. The van der Waals surface area contributed by atoms with Crippen molar-refractivity contribution in [2.45, 2.75) is 6.04 Å². The van der Waals surface area contributed by atoms with E-state index in [0.717, 1.165) is 24.2 Å². The number of hydrogen-bond acceptors (Lipinski definition) is 6. The fourth-order valence-corrected chi connectivity index (χ4v) is 4.19. The van der Waals surface area contributed by atoms with Crippen LogP contribution in [0.25, 0.3) is 11.3 Å². The first-order valence-electron chi connectivity index (χ1n) is 11.0. The van der Waals surface area contributed by atoms with Crippen LogP contribution in [0.15, 0.2) is 48.7 Å². The third kappa shape index (κ3) is 4.69. The molecule has 2 N–H and O–H groups in total. The van der Waals surface area contributed by atoms with Crippen molar-refractivity contribution in [1.29, 1.82) is 0 Å². The number of morpholine rings is 1. The van der Waals surface area contributed by atoms with Gasteiger partial charge in [0.05, 0.1) is 36.7 Å². The van der Waals surface area contributed by atoms with Crippen molar-refractivity contribution >= 4 is 5.91 Å². The largest absolute Gasteiger partial charge is 0.486 e. The number of halogens is 1. The SMILES string of the molecule is O=C(NCC(c1ccc(F)cc1)N1CCOCC1)c1cn[nH]c1-c1ccc2c(c1)OCCO2. The fraction of sp³-hybridized carbons (Fsp3) is 0.333. The van der Waals surface area contributed by atoms with Crippen molar-refractivity contribution < 1.29 is 23.4 Å². The van der Waals surface area contributed by atoms with E-state index in [9.17, 15) is 9.18 Å². The number of hydrogen-bond donors (Lipinski definition) is 2. The summed E-state index contributed by atoms with van der Waals surface area (Å²) in [4.78, 5) is 15.4. The molecule has 172 valence electrons. The number of benzene rings is 2. The number of aromatic nitrogens is 2. The lowest BCUT2D eigenvalue weighted by Crippen LogP contribution is -2.43. The Kier molecular flexibility index (Phi) is 6.23. The number of carbonyl (C=O) groups is 1. The standard InChI is InChI=1S/C24H25FN4O4/c25-18-4-1-16(2-5-18)20(29-7-9-31-10-8-29)15-26-24(30)19-14-27-28-23(19)17-3-6-21-22(13-17)33-12-11-32-21/h1-6,13-14,20H,7-12,15H2,(H,26,30)(H,27,28). The van der Waals surface area contributed by atoms with Gasteiger partial charge in [0.2, 0.25) is 0 Å². The van der Waals surface area contributed by atoms with Crippen LogP contribution >= 0.6 is 0 Å². The van der Waals surface area contributed by atoms with Crippen LogP contribution in [0.4, 0.5) is 4.39 Å². The monoisotopic (exact) mass is 452 g/mol. The second-order valence-corrected chi connectivity index (χ2v) is 7.94. The Bertz CT molecular complexity index is 1110. The molecule has 5 rings (SSSR count). The van der Waals surface area contributed by atoms with E-state index in [1.165, 1.54) is 18.3 Å². The molecule has 33 heavy (non-hydrogen) atoms. The maximum absolute atomic E-state index is 13.5. The van der Waals surface area contributed by atoms with Gasteiger partial charge in [-0.1, -0.05) is 12.1 Å². The Morgan fingerprint density at radius 1 is 1.06 bits per heavy atom. The number of aromatic amines is 1. The minimum atomic E-state index is -0.286. The number of rotatable bonds is 6. The highest BCUT2D eigenvalue weighted by Crippen LogP contribution is 2.35. The van der Waals surface area contributed by atoms with Crippen molar-refractivity contribution in [2.75, 3.05) is 46.1 Å². The van der Waals surface area contributed by atoms with Gasteiger partial charge < -0.3 is 19.5 Å². The summed E-state index contributed by atoms with van der Waals surface area (Å²) in [6.45, 7) is 4.11. The molecule has 0 spiro atoms. The maximum atomic E-state index is 13.5. The zero-order valence-corrected chi connectivity index (χ0v) is 18.1. The molecule has 0 aliphatic carbocycles. The van der Waals surface area contributed by atoms with Gasteiger partial charge in [-0.25, -0.2) is 4.39 Å². The van der Waals surface area contributed by atoms with E-state index in [4.69, 9.17) is 14.2 Å². The van der Waals surface area contributed by atoms with Crippen LogP contribution in [0.2, 0.25) is 0 Å². The van der Waals surface area contributed by atoms with Crippen molar-refractivity contribution in [3.05, 3.63) is 65.6 Å². The van der Waals surface area contributed by atoms with Crippen LogP contribution in [0.5, 0.6) is 11.5 Å². The minimum Gasteiger partial charge on any atom is -0.486 e. The van der Waals surface area contributed by atoms with E-state index in [0.29, 0.717) is 55.7 Å². The lowest BCUT2D eigenvalue weighted by molar-refractivity contribution is 0.0162. The number of carbonyl (C=O) groups excluding carboxylic acids is 1. The van der Waals surface area contributed by atoms with Gasteiger partial charge in [-0.05, 0) is 35.9 Å². The van der Waals surface area contributed by atoms with E-state index in [-0.39, 0.29) is 17.8 Å². The molecule has 2 aliphatic rings. The average Bonchev–Trinajstić information content (AvgIpc) is 3.36. The van der Waals surface area contributed by atoms with Crippen LogP contribution in [0.1, 0.15) is 22.0 Å². The van der Waals surface area contributed by atoms with E-state index in [1.807, 2.05) is 18.2 Å². The van der Waals surface area contributed by atoms with Gasteiger partial charge in [0.15, 0.2) is 11.5 Å². The first-order chi connectivity index (χ1) is 16.2. The highest BCUT2D eigenvalue weighted by atomic mass is 19.1. The summed E-state index contributed by atoms with van der Waals surface area (Å²) in [6.07, 6.45) is 1.52. The summed E-state index contributed by atoms with van der Waals surface area (Å²) < 4.78 is 30.2. The number of nitrogens with zero attached hydrogens (tertiary/aromatic N) is 2. The molecule has 9 heteroatoms. The third-order valence-electron chi connectivity index (χ3n) is 5.91. The Morgan fingerprint density at radius 3 is 2.61 bits per heavy atom. The van der Waals surface area contributed by atoms with Crippen LogP contribution < -0.4 is 14.8 Å². The Balaban J connectivity index is 1.34. The molecule has 0 bridgehead atoms. The van der Waals surface area contributed by atoms with Crippen LogP contribution in [-0.2, 0) is 4.74 Å². The molecule has 8 nitrogen and oxygen atoms in total. The topological polar surface area (TPSA) is 88.7 Å². The third-order valence-corrected chi connectivity index (χ3v) is 5.91.